The molecule has 4 aromatic rings. The smallest absolute Gasteiger partial charge is 0.418 e. The van der Waals surface area contributed by atoms with Crippen molar-refractivity contribution < 1.29 is 31.5 Å². The Balaban J connectivity index is 1.22. The van der Waals surface area contributed by atoms with E-state index in [1.165, 1.54) is 30.5 Å². The highest BCUT2D eigenvalue weighted by atomic mass is 35.5. The Bertz CT molecular complexity index is 2170. The van der Waals surface area contributed by atoms with Crippen molar-refractivity contribution in [3.63, 3.8) is 0 Å². The molecule has 55 heavy (non-hydrogen) atoms. The quantitative estimate of drug-likeness (QED) is 0.146. The summed E-state index contributed by atoms with van der Waals surface area (Å²) in [6, 6.07) is 1.93. The number of amides is 1. The number of carbonyl (C=O) groups is 1. The molecule has 4 atom stereocenters. The second kappa shape index (κ2) is 14.4. The molecule has 1 aromatic carbocycles. The summed E-state index contributed by atoms with van der Waals surface area (Å²) in [5, 5.41) is 1.88. The fourth-order valence-electron chi connectivity index (χ4n) is 9.50. The minimum atomic E-state index is -4.90. The molecule has 3 unspecified atom stereocenters. The molecule has 8 rings (SSSR count). The number of benzene rings is 1. The van der Waals surface area contributed by atoms with Gasteiger partial charge >= 0.3 is 12.2 Å². The third kappa shape index (κ3) is 6.87. The van der Waals surface area contributed by atoms with Crippen LogP contribution in [0, 0.1) is 18.2 Å². The number of nitrogens with zero attached hydrogens (tertiary/aromatic N) is 7. The van der Waals surface area contributed by atoms with E-state index in [2.05, 4.69) is 26.9 Å². The number of halogens is 6. The molecule has 0 spiro atoms. The van der Waals surface area contributed by atoms with Gasteiger partial charge in [-0.2, -0.15) is 23.1 Å². The Morgan fingerprint density at radius 1 is 1.11 bits per heavy atom. The minimum Gasteiger partial charge on any atom is -0.463 e. The van der Waals surface area contributed by atoms with Crippen LogP contribution < -0.4 is 15.4 Å². The Kier molecular flexibility index (Phi) is 9.89. The zero-order chi connectivity index (χ0) is 38.8. The summed E-state index contributed by atoms with van der Waals surface area (Å²) in [7, 11) is 2.11. The molecule has 1 amide bonds. The monoisotopic (exact) mass is 802 g/mol. The molecule has 0 radical (unpaired) electrons. The normalized spacial score (nSPS) is 24.7. The molecule has 3 aromatic heterocycles. The average molecular weight is 803 g/mol. The molecule has 4 aliphatic rings. The van der Waals surface area contributed by atoms with Gasteiger partial charge in [0.25, 0.3) is 5.91 Å². The number of aryl methyl sites for hydroxylation is 1. The molecule has 4 fully saturated rings. The summed E-state index contributed by atoms with van der Waals surface area (Å²) in [5.74, 6) is -2.75. The number of aromatic nitrogens is 4. The van der Waals surface area contributed by atoms with Crippen molar-refractivity contribution in [3.8, 4) is 17.3 Å². The first-order chi connectivity index (χ1) is 26.2. The van der Waals surface area contributed by atoms with E-state index in [4.69, 9.17) is 27.1 Å². The molecule has 17 heteroatoms. The van der Waals surface area contributed by atoms with Gasteiger partial charge in [-0.3, -0.25) is 4.79 Å². The van der Waals surface area contributed by atoms with Crippen LogP contribution >= 0.6 is 22.9 Å². The van der Waals surface area contributed by atoms with Crippen LogP contribution in [0.4, 0.5) is 33.6 Å². The second-order valence-electron chi connectivity index (χ2n) is 15.2. The SMILES string of the molecule is Cc1cc(N)nc(-c2c(Cl)cc3c(N4CC[C@@H]5CCC(C4)N5C(=O)/C(F)=C/c4nccs4)nc(OCC45CCCC4N(C)CCC5)nc3c2F)c1C(F)(F)F. The molecule has 3 aliphatic heterocycles. The largest absolute Gasteiger partial charge is 0.463 e. The van der Waals surface area contributed by atoms with Crippen LogP contribution in [0.15, 0.2) is 29.5 Å². The highest BCUT2D eigenvalue weighted by molar-refractivity contribution is 7.10. The fourth-order valence-corrected chi connectivity index (χ4v) is 10.3. The van der Waals surface area contributed by atoms with Crippen molar-refractivity contribution >= 4 is 57.5 Å². The van der Waals surface area contributed by atoms with E-state index < -0.39 is 46.6 Å². The van der Waals surface area contributed by atoms with Crippen molar-refractivity contribution in [2.45, 2.75) is 82.6 Å². The van der Waals surface area contributed by atoms with E-state index in [-0.39, 0.29) is 63.7 Å². The number of ether oxygens (including phenoxy) is 1. The van der Waals surface area contributed by atoms with Crippen LogP contribution in [0.2, 0.25) is 5.02 Å². The van der Waals surface area contributed by atoms with Gasteiger partial charge in [0.05, 0.1) is 34.5 Å². The third-order valence-corrected chi connectivity index (χ3v) is 12.9. The van der Waals surface area contributed by atoms with Crippen molar-refractivity contribution in [1.29, 1.82) is 0 Å². The Morgan fingerprint density at radius 3 is 2.65 bits per heavy atom. The zero-order valence-corrected chi connectivity index (χ0v) is 31.9. The average Bonchev–Trinajstić information content (AvgIpc) is 3.86. The Morgan fingerprint density at radius 2 is 1.89 bits per heavy atom. The van der Waals surface area contributed by atoms with E-state index >= 15 is 8.78 Å². The lowest BCUT2D eigenvalue weighted by atomic mass is 9.76. The van der Waals surface area contributed by atoms with Gasteiger partial charge in [-0.25, -0.2) is 18.7 Å². The molecule has 2 N–H and O–H groups in total. The van der Waals surface area contributed by atoms with Gasteiger partial charge in [0.2, 0.25) is 0 Å². The molecule has 292 valence electrons. The fraction of sp³-hybridized carbons (Fsp3) is 0.500. The van der Waals surface area contributed by atoms with E-state index in [1.54, 1.807) is 10.3 Å². The highest BCUT2D eigenvalue weighted by Crippen LogP contribution is 2.48. The van der Waals surface area contributed by atoms with Crippen molar-refractivity contribution in [2.24, 2.45) is 5.41 Å². The van der Waals surface area contributed by atoms with Crippen LogP contribution in [0.25, 0.3) is 28.2 Å². The number of piperidine rings is 1. The van der Waals surface area contributed by atoms with E-state index in [0.717, 1.165) is 50.8 Å². The van der Waals surface area contributed by atoms with Crippen molar-refractivity contribution in [2.75, 3.05) is 43.9 Å². The molecule has 1 aliphatic carbocycles. The van der Waals surface area contributed by atoms with E-state index in [0.29, 0.717) is 36.9 Å². The number of hydrogen-bond acceptors (Lipinski definition) is 10. The Labute approximate surface area is 323 Å². The summed E-state index contributed by atoms with van der Waals surface area (Å²) in [6.45, 7) is 3.08. The van der Waals surface area contributed by atoms with Crippen LogP contribution in [-0.2, 0) is 11.0 Å². The summed E-state index contributed by atoms with van der Waals surface area (Å²) >= 11 is 7.92. The third-order valence-electron chi connectivity index (χ3n) is 11.9. The first kappa shape index (κ1) is 37.8. The number of nitrogen functional groups attached to an aromatic ring is 1. The van der Waals surface area contributed by atoms with Crippen LogP contribution in [0.1, 0.15) is 67.5 Å². The first-order valence-electron chi connectivity index (χ1n) is 18.5. The lowest BCUT2D eigenvalue weighted by molar-refractivity contribution is -0.137. The number of likely N-dealkylation sites (tertiary alicyclic amines) is 1. The molecule has 10 nitrogen and oxygen atoms in total. The van der Waals surface area contributed by atoms with Crippen LogP contribution in [0.3, 0.4) is 0 Å². The maximum absolute atomic E-state index is 17.1. The molecule has 6 heterocycles. The number of rotatable bonds is 7. The van der Waals surface area contributed by atoms with Gasteiger partial charge in [-0.15, -0.1) is 11.3 Å². The number of alkyl halides is 3. The standard InChI is InChI=1S/C38H40ClF5N8O2S/c1-20-15-27(45)47-33(30(20)38(42,43)44)29-24(39)16-23-32(31(29)41)48-36(54-19-37-9-3-5-26(37)50(2)12-4-10-37)49-34(23)51-13-8-21-6-7-22(18-51)52(21)35(53)25(40)17-28-46-11-14-55-28/h11,14-17,21-22,26H,3-10,12-13,18-19H2,1-2H3,(H2,45,47)/b25-17-/t21-,22?,26?,37?/m0/s1. The van der Waals surface area contributed by atoms with E-state index in [9.17, 15) is 18.0 Å². The van der Waals surface area contributed by atoms with Crippen molar-refractivity contribution in [3.05, 3.63) is 56.5 Å². The lowest BCUT2D eigenvalue weighted by Gasteiger charge is -2.44. The lowest BCUT2D eigenvalue weighted by Crippen LogP contribution is -2.50. The van der Waals surface area contributed by atoms with Crippen LogP contribution in [0.5, 0.6) is 6.01 Å². The first-order valence-corrected chi connectivity index (χ1v) is 19.7. The predicted octanol–water partition coefficient (Wildman–Crippen LogP) is 8.07. The molecular weight excluding hydrogens is 763 g/mol. The maximum atomic E-state index is 17.1. The van der Waals surface area contributed by atoms with Gasteiger partial charge in [0.1, 0.15) is 22.2 Å². The van der Waals surface area contributed by atoms with Gasteiger partial charge < -0.3 is 25.2 Å². The summed E-state index contributed by atoms with van der Waals surface area (Å²) in [6.07, 6.45) is 4.47. The van der Waals surface area contributed by atoms with Crippen molar-refractivity contribution in [1.82, 2.24) is 29.7 Å². The second-order valence-corrected chi connectivity index (χ2v) is 16.5. The number of pyridine rings is 1. The van der Waals surface area contributed by atoms with Gasteiger partial charge in [-0.1, -0.05) is 18.0 Å². The Hall–Kier alpha value is -4.15. The summed E-state index contributed by atoms with van der Waals surface area (Å²) in [5.41, 5.74) is 2.71. The highest BCUT2D eigenvalue weighted by Gasteiger charge is 2.48. The van der Waals surface area contributed by atoms with Crippen LogP contribution in [-0.4, -0.2) is 87.1 Å². The maximum Gasteiger partial charge on any atom is 0.418 e. The van der Waals surface area contributed by atoms with Gasteiger partial charge in [0.15, 0.2) is 11.6 Å². The zero-order valence-electron chi connectivity index (χ0n) is 30.3. The van der Waals surface area contributed by atoms with Gasteiger partial charge in [-0.05, 0) is 83.2 Å². The summed E-state index contributed by atoms with van der Waals surface area (Å²) in [4.78, 5) is 36.7. The summed E-state index contributed by atoms with van der Waals surface area (Å²) < 4.78 is 82.2. The molecule has 3 saturated heterocycles. The molecular formula is C38H40ClF5N8O2S. The van der Waals surface area contributed by atoms with Gasteiger partial charge in [0, 0.05) is 53.6 Å². The number of nitrogens with two attached hydrogens (primary N) is 1. The molecule has 1 saturated carbocycles. The van der Waals surface area contributed by atoms with E-state index in [1.807, 2.05) is 4.90 Å². The number of hydrogen-bond donors (Lipinski definition) is 1. The molecule has 2 bridgehead atoms. The number of thiazole rings is 1. The number of carbonyl (C=O) groups excluding carboxylic acids is 1. The number of fused-ring (bicyclic) bond motifs is 4. The predicted molar refractivity (Wildman–Crippen MR) is 201 cm³/mol. The number of anilines is 2. The minimum absolute atomic E-state index is 0.129. The topological polar surface area (TPSA) is 114 Å².